The van der Waals surface area contributed by atoms with Crippen molar-refractivity contribution >= 4 is 16.9 Å². The minimum absolute atomic E-state index is 0.0114. The van der Waals surface area contributed by atoms with E-state index in [9.17, 15) is 4.79 Å². The van der Waals surface area contributed by atoms with E-state index in [1.165, 1.54) is 0 Å². The number of amides is 1. The quantitative estimate of drug-likeness (QED) is 0.610. The zero-order chi connectivity index (χ0) is 18.2. The third-order valence-corrected chi connectivity index (χ3v) is 5.00. The average molecular weight is 358 g/mol. The molecule has 1 aromatic carbocycles. The van der Waals surface area contributed by atoms with Crippen LogP contribution in [0.2, 0.25) is 0 Å². The zero-order valence-corrected chi connectivity index (χ0v) is 14.6. The SMILES string of the molecule is O=C(c1ccc(-n2ccnc2)nc1)N1CCCC1c1nc2ccccc2[nH]1. The second kappa shape index (κ2) is 6.35. The number of aromatic amines is 1. The molecule has 27 heavy (non-hydrogen) atoms. The van der Waals surface area contributed by atoms with Gasteiger partial charge in [-0.05, 0) is 37.1 Å². The van der Waals surface area contributed by atoms with Gasteiger partial charge in [-0.3, -0.25) is 9.36 Å². The number of rotatable bonds is 3. The molecule has 0 aliphatic carbocycles. The number of benzene rings is 1. The number of aromatic nitrogens is 5. The maximum atomic E-state index is 13.1. The van der Waals surface area contributed by atoms with E-state index in [0.29, 0.717) is 5.56 Å². The van der Waals surface area contributed by atoms with Crippen LogP contribution in [0.25, 0.3) is 16.9 Å². The Morgan fingerprint density at radius 2 is 2.11 bits per heavy atom. The van der Waals surface area contributed by atoms with Crippen LogP contribution in [0, 0.1) is 0 Å². The summed E-state index contributed by atoms with van der Waals surface area (Å²) in [6.07, 6.45) is 8.71. The van der Waals surface area contributed by atoms with Gasteiger partial charge >= 0.3 is 0 Å². The van der Waals surface area contributed by atoms with E-state index in [2.05, 4.69) is 15.0 Å². The number of likely N-dealkylation sites (tertiary alicyclic amines) is 1. The Bertz CT molecular complexity index is 1050. The lowest BCUT2D eigenvalue weighted by Gasteiger charge is -2.23. The first kappa shape index (κ1) is 15.7. The number of hydrogen-bond acceptors (Lipinski definition) is 4. The molecule has 7 nitrogen and oxygen atoms in total. The lowest BCUT2D eigenvalue weighted by atomic mass is 10.2. The van der Waals surface area contributed by atoms with Crippen molar-refractivity contribution in [2.75, 3.05) is 6.54 Å². The number of H-pyrrole nitrogens is 1. The number of hydrogen-bond donors (Lipinski definition) is 1. The summed E-state index contributed by atoms with van der Waals surface area (Å²) in [4.78, 5) is 31.4. The van der Waals surface area contributed by atoms with E-state index < -0.39 is 0 Å². The predicted molar refractivity (Wildman–Crippen MR) is 100 cm³/mol. The molecule has 134 valence electrons. The first-order valence-electron chi connectivity index (χ1n) is 8.99. The number of imidazole rings is 2. The van der Waals surface area contributed by atoms with Gasteiger partial charge in [0.05, 0.1) is 22.6 Å². The van der Waals surface area contributed by atoms with Gasteiger partial charge in [0.15, 0.2) is 0 Å². The maximum absolute atomic E-state index is 13.1. The minimum atomic E-state index is -0.0294. The lowest BCUT2D eigenvalue weighted by Crippen LogP contribution is -2.31. The fraction of sp³-hybridized carbons (Fsp3) is 0.200. The van der Waals surface area contributed by atoms with Gasteiger partial charge in [-0.2, -0.15) is 0 Å². The molecule has 1 saturated heterocycles. The summed E-state index contributed by atoms with van der Waals surface area (Å²) in [6.45, 7) is 0.726. The molecule has 1 aliphatic rings. The van der Waals surface area contributed by atoms with Crippen LogP contribution in [0.3, 0.4) is 0 Å². The van der Waals surface area contributed by atoms with Gasteiger partial charge < -0.3 is 9.88 Å². The predicted octanol–water partition coefficient (Wildman–Crippen LogP) is 3.12. The van der Waals surface area contributed by atoms with Gasteiger partial charge in [-0.1, -0.05) is 12.1 Å². The molecule has 1 fully saturated rings. The standard InChI is InChI=1S/C20H18N6O/c27-20(14-7-8-18(22-12-14)25-11-9-21-13-25)26-10-3-6-17(26)19-23-15-4-1-2-5-16(15)24-19/h1-2,4-5,7-9,11-13,17H,3,6,10H2,(H,23,24). The number of carbonyl (C=O) groups excluding carboxylic acids is 1. The monoisotopic (exact) mass is 358 g/mol. The Balaban J connectivity index is 1.41. The van der Waals surface area contributed by atoms with Crippen molar-refractivity contribution in [3.63, 3.8) is 0 Å². The molecule has 3 aromatic heterocycles. The summed E-state index contributed by atoms with van der Waals surface area (Å²) in [5.41, 5.74) is 2.51. The average Bonchev–Trinajstić information content (AvgIpc) is 3.47. The number of nitrogens with one attached hydrogen (secondary N) is 1. The highest BCUT2D eigenvalue weighted by atomic mass is 16.2. The second-order valence-electron chi connectivity index (χ2n) is 6.67. The summed E-state index contributed by atoms with van der Waals surface area (Å²) in [7, 11) is 0. The molecule has 7 heteroatoms. The number of nitrogens with zero attached hydrogens (tertiary/aromatic N) is 5. The molecule has 1 unspecified atom stereocenters. The summed E-state index contributed by atoms with van der Waals surface area (Å²) in [5.74, 6) is 1.58. The topological polar surface area (TPSA) is 79.7 Å². The van der Waals surface area contributed by atoms with Crippen molar-refractivity contribution in [2.24, 2.45) is 0 Å². The Kier molecular flexibility index (Phi) is 3.71. The van der Waals surface area contributed by atoms with Gasteiger partial charge in [0.2, 0.25) is 0 Å². The van der Waals surface area contributed by atoms with Crippen LogP contribution in [0.1, 0.15) is 35.1 Å². The van der Waals surface area contributed by atoms with E-state index >= 15 is 0 Å². The highest BCUT2D eigenvalue weighted by molar-refractivity contribution is 5.94. The van der Waals surface area contributed by atoms with Crippen LogP contribution in [-0.4, -0.2) is 41.9 Å². The fourth-order valence-electron chi connectivity index (χ4n) is 3.65. The molecule has 0 saturated carbocycles. The molecule has 4 heterocycles. The van der Waals surface area contributed by atoms with Crippen LogP contribution in [0.5, 0.6) is 0 Å². The second-order valence-corrected chi connectivity index (χ2v) is 6.67. The molecule has 0 radical (unpaired) electrons. The number of carbonyl (C=O) groups is 1. The van der Waals surface area contributed by atoms with Crippen molar-refractivity contribution in [1.82, 2.24) is 29.4 Å². The first-order valence-corrected chi connectivity index (χ1v) is 8.99. The third-order valence-electron chi connectivity index (χ3n) is 5.00. The third kappa shape index (κ3) is 2.77. The van der Waals surface area contributed by atoms with Crippen molar-refractivity contribution in [3.8, 4) is 5.82 Å². The van der Waals surface area contributed by atoms with Crippen molar-refractivity contribution in [2.45, 2.75) is 18.9 Å². The van der Waals surface area contributed by atoms with E-state index in [4.69, 9.17) is 4.98 Å². The van der Waals surface area contributed by atoms with Gasteiger partial charge in [0.1, 0.15) is 18.0 Å². The fourth-order valence-corrected chi connectivity index (χ4v) is 3.65. The maximum Gasteiger partial charge on any atom is 0.256 e. The summed E-state index contributed by atoms with van der Waals surface area (Å²) in [6, 6.07) is 11.6. The van der Waals surface area contributed by atoms with Crippen LogP contribution >= 0.6 is 0 Å². The van der Waals surface area contributed by atoms with Gasteiger partial charge in [-0.25, -0.2) is 15.0 Å². The normalized spacial score (nSPS) is 16.9. The van der Waals surface area contributed by atoms with Crippen LogP contribution < -0.4 is 0 Å². The van der Waals surface area contributed by atoms with Crippen molar-refractivity contribution in [1.29, 1.82) is 0 Å². The van der Waals surface area contributed by atoms with E-state index in [-0.39, 0.29) is 11.9 Å². The molecule has 1 N–H and O–H groups in total. The molecular weight excluding hydrogens is 340 g/mol. The van der Waals surface area contributed by atoms with Crippen LogP contribution in [0.15, 0.2) is 61.3 Å². The Morgan fingerprint density at radius 3 is 2.89 bits per heavy atom. The molecule has 1 aliphatic heterocycles. The molecule has 4 aromatic rings. The number of para-hydroxylation sites is 2. The largest absolute Gasteiger partial charge is 0.340 e. The van der Waals surface area contributed by atoms with Crippen LogP contribution in [0.4, 0.5) is 0 Å². The summed E-state index contributed by atoms with van der Waals surface area (Å²) < 4.78 is 1.81. The molecule has 0 bridgehead atoms. The van der Waals surface area contributed by atoms with Crippen molar-refractivity contribution < 1.29 is 4.79 Å². The van der Waals surface area contributed by atoms with E-state index in [1.807, 2.05) is 47.5 Å². The molecular formula is C20H18N6O. The smallest absolute Gasteiger partial charge is 0.256 e. The van der Waals surface area contributed by atoms with Gasteiger partial charge in [0.25, 0.3) is 5.91 Å². The summed E-state index contributed by atoms with van der Waals surface area (Å²) >= 11 is 0. The molecule has 1 atom stereocenters. The molecule has 5 rings (SSSR count). The Morgan fingerprint density at radius 1 is 1.19 bits per heavy atom. The molecule has 0 spiro atoms. The lowest BCUT2D eigenvalue weighted by molar-refractivity contribution is 0.0730. The van der Waals surface area contributed by atoms with Gasteiger partial charge in [-0.15, -0.1) is 0 Å². The number of pyridine rings is 1. The minimum Gasteiger partial charge on any atom is -0.340 e. The van der Waals surface area contributed by atoms with Gasteiger partial charge in [0, 0.05) is 25.1 Å². The highest BCUT2D eigenvalue weighted by Gasteiger charge is 2.32. The van der Waals surface area contributed by atoms with E-state index in [0.717, 1.165) is 42.1 Å². The Hall–Kier alpha value is -3.48. The first-order chi connectivity index (χ1) is 13.3. The van der Waals surface area contributed by atoms with E-state index in [1.54, 1.807) is 23.3 Å². The number of fused-ring (bicyclic) bond motifs is 1. The summed E-state index contributed by atoms with van der Waals surface area (Å²) in [5, 5.41) is 0. The molecule has 1 amide bonds. The highest BCUT2D eigenvalue weighted by Crippen LogP contribution is 2.32. The van der Waals surface area contributed by atoms with Crippen molar-refractivity contribution in [3.05, 3.63) is 72.7 Å². The Labute approximate surface area is 155 Å². The zero-order valence-electron chi connectivity index (χ0n) is 14.6. The van der Waals surface area contributed by atoms with Crippen LogP contribution in [-0.2, 0) is 0 Å².